The summed E-state index contributed by atoms with van der Waals surface area (Å²) in [6, 6.07) is 22.5. The van der Waals surface area contributed by atoms with Crippen molar-refractivity contribution in [3.05, 3.63) is 90.3 Å². The molecule has 2 N–H and O–H groups in total. The van der Waals surface area contributed by atoms with Crippen LogP contribution in [0.5, 0.6) is 0 Å². The third-order valence-electron chi connectivity index (χ3n) is 7.76. The summed E-state index contributed by atoms with van der Waals surface area (Å²) >= 11 is 0. The molecule has 36 heavy (non-hydrogen) atoms. The number of hydrogen-bond acceptors (Lipinski definition) is 3. The Hall–Kier alpha value is -3.99. The summed E-state index contributed by atoms with van der Waals surface area (Å²) < 4.78 is 1.96. The van der Waals surface area contributed by atoms with Crippen molar-refractivity contribution >= 4 is 27.7 Å². The minimum Gasteiger partial charge on any atom is -0.366 e. The lowest BCUT2D eigenvalue weighted by Crippen LogP contribution is -2.19. The molecule has 2 aromatic heterocycles. The van der Waals surface area contributed by atoms with Crippen LogP contribution in [0.25, 0.3) is 38.6 Å². The summed E-state index contributed by atoms with van der Waals surface area (Å²) in [4.78, 5) is 16.9. The van der Waals surface area contributed by atoms with E-state index in [1.54, 1.807) is 0 Å². The highest BCUT2D eigenvalue weighted by atomic mass is 16.1. The zero-order valence-corrected chi connectivity index (χ0v) is 20.5. The van der Waals surface area contributed by atoms with Gasteiger partial charge in [-0.05, 0) is 78.6 Å². The number of rotatable bonds is 5. The van der Waals surface area contributed by atoms with E-state index >= 15 is 0 Å². The number of aromatic nitrogens is 3. The molecule has 0 spiro atoms. The average Bonchev–Trinajstić information content (AvgIpc) is 3.34. The van der Waals surface area contributed by atoms with Gasteiger partial charge in [0.25, 0.3) is 0 Å². The van der Waals surface area contributed by atoms with E-state index in [9.17, 15) is 4.79 Å². The van der Waals surface area contributed by atoms with E-state index in [1.807, 2.05) is 47.4 Å². The van der Waals surface area contributed by atoms with Crippen LogP contribution in [-0.2, 0) is 6.42 Å². The van der Waals surface area contributed by atoms with Gasteiger partial charge in [-0.15, -0.1) is 0 Å². The van der Waals surface area contributed by atoms with Gasteiger partial charge < -0.3 is 5.73 Å². The number of nitrogens with zero attached hydrogens (tertiary/aromatic N) is 3. The number of benzene rings is 3. The second-order valence-corrected chi connectivity index (χ2v) is 10.2. The molecule has 0 unspecified atom stereocenters. The van der Waals surface area contributed by atoms with Gasteiger partial charge in [0.2, 0.25) is 5.91 Å². The molecule has 5 aromatic rings. The average molecular weight is 475 g/mol. The van der Waals surface area contributed by atoms with Crippen LogP contribution in [0.4, 0.5) is 0 Å². The van der Waals surface area contributed by atoms with Crippen LogP contribution in [0.2, 0.25) is 0 Å². The first-order valence-corrected chi connectivity index (χ1v) is 12.8. The minimum atomic E-state index is -0.364. The highest BCUT2D eigenvalue weighted by molar-refractivity contribution is 5.97. The van der Waals surface area contributed by atoms with Gasteiger partial charge in [-0.3, -0.25) is 9.78 Å². The molecular weight excluding hydrogens is 444 g/mol. The van der Waals surface area contributed by atoms with Gasteiger partial charge in [0, 0.05) is 28.1 Å². The summed E-state index contributed by atoms with van der Waals surface area (Å²) in [7, 11) is 0. The summed E-state index contributed by atoms with van der Waals surface area (Å²) in [6.45, 7) is 2.33. The van der Waals surface area contributed by atoms with Crippen molar-refractivity contribution < 1.29 is 4.79 Å². The van der Waals surface area contributed by atoms with Crippen LogP contribution in [0.15, 0.2) is 79.1 Å². The van der Waals surface area contributed by atoms with Crippen LogP contribution < -0.4 is 5.73 Å². The molecule has 0 bridgehead atoms. The van der Waals surface area contributed by atoms with Crippen molar-refractivity contribution in [1.82, 2.24) is 14.8 Å². The quantitative estimate of drug-likeness (QED) is 0.308. The molecule has 1 amide bonds. The van der Waals surface area contributed by atoms with E-state index in [1.165, 1.54) is 25.7 Å². The minimum absolute atomic E-state index is 0.364. The lowest BCUT2D eigenvalue weighted by molar-refractivity contribution is 0.0999. The molecule has 0 saturated heterocycles. The molecule has 1 saturated carbocycles. The predicted molar refractivity (Wildman–Crippen MR) is 145 cm³/mol. The maximum absolute atomic E-state index is 12.2. The SMILES string of the molecule is CC1CCC(Cc2cc(-n3ncc4c(-c5cnc6ccccc6c5)cccc43)ccc2C(N)=O)CC1. The molecule has 0 aliphatic heterocycles. The smallest absolute Gasteiger partial charge is 0.248 e. The number of primary amides is 1. The van der Waals surface area contributed by atoms with E-state index < -0.39 is 0 Å². The summed E-state index contributed by atoms with van der Waals surface area (Å²) in [6.07, 6.45) is 9.66. The van der Waals surface area contributed by atoms with Gasteiger partial charge in [-0.2, -0.15) is 5.10 Å². The summed E-state index contributed by atoms with van der Waals surface area (Å²) in [5.74, 6) is 1.03. The Balaban J connectivity index is 1.40. The van der Waals surface area contributed by atoms with E-state index in [-0.39, 0.29) is 5.91 Å². The normalized spacial score (nSPS) is 18.0. The highest BCUT2D eigenvalue weighted by Gasteiger charge is 2.21. The molecule has 3 aromatic carbocycles. The van der Waals surface area contributed by atoms with Crippen molar-refractivity contribution in [3.63, 3.8) is 0 Å². The van der Waals surface area contributed by atoms with E-state index in [0.29, 0.717) is 11.5 Å². The molecule has 2 heterocycles. The Morgan fingerprint density at radius 2 is 1.81 bits per heavy atom. The first-order valence-electron chi connectivity index (χ1n) is 12.8. The number of amides is 1. The van der Waals surface area contributed by atoms with Crippen molar-refractivity contribution in [3.8, 4) is 16.8 Å². The number of fused-ring (bicyclic) bond motifs is 2. The molecule has 5 heteroatoms. The number of pyridine rings is 1. The molecular formula is C31H30N4O. The fourth-order valence-electron chi connectivity index (χ4n) is 5.69. The van der Waals surface area contributed by atoms with Crippen molar-refractivity contribution in [2.45, 2.75) is 39.0 Å². The third-order valence-corrected chi connectivity index (χ3v) is 7.76. The summed E-state index contributed by atoms with van der Waals surface area (Å²) in [5, 5.41) is 6.95. The number of para-hydroxylation sites is 1. The van der Waals surface area contributed by atoms with Gasteiger partial charge in [0.1, 0.15) is 0 Å². The maximum Gasteiger partial charge on any atom is 0.248 e. The fourth-order valence-corrected chi connectivity index (χ4v) is 5.69. The van der Waals surface area contributed by atoms with Gasteiger partial charge in [0.05, 0.1) is 22.9 Å². The maximum atomic E-state index is 12.2. The summed E-state index contributed by atoms with van der Waals surface area (Å²) in [5.41, 5.74) is 12.5. The third kappa shape index (κ3) is 4.15. The van der Waals surface area contributed by atoms with E-state index in [2.05, 4.69) is 48.3 Å². The zero-order chi connectivity index (χ0) is 24.6. The standard InChI is InChI=1S/C31H30N4O/c1-20-9-11-21(12-10-20)15-23-17-25(13-14-27(23)31(32)36)35-30-8-4-6-26(28(30)19-34-35)24-16-22-5-2-3-7-29(22)33-18-24/h2-8,13-14,16-21H,9-12,15H2,1H3,(H2,32,36). The van der Waals surface area contributed by atoms with Gasteiger partial charge >= 0.3 is 0 Å². The van der Waals surface area contributed by atoms with Crippen LogP contribution in [0, 0.1) is 11.8 Å². The van der Waals surface area contributed by atoms with Crippen LogP contribution >= 0.6 is 0 Å². The number of nitrogens with two attached hydrogens (primary N) is 1. The molecule has 1 fully saturated rings. The molecule has 1 aliphatic carbocycles. The number of hydrogen-bond donors (Lipinski definition) is 1. The second kappa shape index (κ2) is 9.23. The molecule has 6 rings (SSSR count). The zero-order valence-electron chi connectivity index (χ0n) is 20.5. The van der Waals surface area contributed by atoms with Crippen LogP contribution in [0.1, 0.15) is 48.5 Å². The second-order valence-electron chi connectivity index (χ2n) is 10.2. The van der Waals surface area contributed by atoms with Gasteiger partial charge in [-0.25, -0.2) is 4.68 Å². The van der Waals surface area contributed by atoms with Crippen LogP contribution in [-0.4, -0.2) is 20.7 Å². The molecule has 180 valence electrons. The van der Waals surface area contributed by atoms with Crippen molar-refractivity contribution in [2.75, 3.05) is 0 Å². The first kappa shape index (κ1) is 22.5. The Morgan fingerprint density at radius 1 is 0.972 bits per heavy atom. The van der Waals surface area contributed by atoms with E-state index in [0.717, 1.165) is 56.5 Å². The Kier molecular flexibility index (Phi) is 5.76. The molecule has 0 atom stereocenters. The lowest BCUT2D eigenvalue weighted by Gasteiger charge is -2.26. The van der Waals surface area contributed by atoms with Crippen LogP contribution in [0.3, 0.4) is 0 Å². The number of carbonyl (C=O) groups excluding carboxylic acids is 1. The first-order chi connectivity index (χ1) is 17.6. The predicted octanol–water partition coefficient (Wildman–Crippen LogP) is 6.71. The van der Waals surface area contributed by atoms with Gasteiger partial charge in [-0.1, -0.05) is 50.1 Å². The fraction of sp³-hybridized carbons (Fsp3) is 0.258. The van der Waals surface area contributed by atoms with Gasteiger partial charge in [0.15, 0.2) is 0 Å². The van der Waals surface area contributed by atoms with Crippen molar-refractivity contribution in [2.24, 2.45) is 17.6 Å². The number of carbonyl (C=O) groups is 1. The lowest BCUT2D eigenvalue weighted by atomic mass is 9.79. The molecule has 5 nitrogen and oxygen atoms in total. The topological polar surface area (TPSA) is 73.8 Å². The van der Waals surface area contributed by atoms with Crippen molar-refractivity contribution in [1.29, 1.82) is 0 Å². The molecule has 1 aliphatic rings. The Bertz CT molecular complexity index is 1580. The Morgan fingerprint density at radius 3 is 2.64 bits per heavy atom. The van der Waals surface area contributed by atoms with E-state index in [4.69, 9.17) is 10.8 Å². The monoisotopic (exact) mass is 474 g/mol. The molecule has 0 radical (unpaired) electrons. The Labute approximate surface area is 211 Å². The largest absolute Gasteiger partial charge is 0.366 e. The highest BCUT2D eigenvalue weighted by Crippen LogP contribution is 2.34.